The molecular formula is C14H19F5O2Si. The van der Waals surface area contributed by atoms with Gasteiger partial charge in [-0.15, -0.1) is 0 Å². The highest BCUT2D eigenvalue weighted by Crippen LogP contribution is 2.36. The lowest BCUT2D eigenvalue weighted by molar-refractivity contribution is 0.188. The molecule has 0 atom stereocenters. The minimum atomic E-state index is -2.21. The van der Waals surface area contributed by atoms with E-state index in [-0.39, 0.29) is 18.3 Å². The topological polar surface area (TPSA) is 18.5 Å². The number of benzene rings is 1. The molecule has 126 valence electrons. The summed E-state index contributed by atoms with van der Waals surface area (Å²) in [5.74, 6) is -11.5. The number of rotatable bonds is 5. The van der Waals surface area contributed by atoms with Gasteiger partial charge in [0.25, 0.3) is 0 Å². The SMILES string of the molecule is CC(C)(C)[Si](C)(C)OCCOc1c(F)c(F)c(F)c(F)c1F. The lowest BCUT2D eigenvalue weighted by Crippen LogP contribution is -2.41. The molecule has 0 heterocycles. The van der Waals surface area contributed by atoms with Crippen LogP contribution in [-0.4, -0.2) is 21.5 Å². The maximum Gasteiger partial charge on any atom is 0.206 e. The van der Waals surface area contributed by atoms with E-state index in [0.29, 0.717) is 0 Å². The van der Waals surface area contributed by atoms with Crippen LogP contribution in [0.2, 0.25) is 18.1 Å². The third-order valence-corrected chi connectivity index (χ3v) is 8.31. The van der Waals surface area contributed by atoms with Crippen LogP contribution in [0.4, 0.5) is 22.0 Å². The molecule has 0 unspecified atom stereocenters. The molecule has 0 aliphatic heterocycles. The Kier molecular flexibility index (Phi) is 5.61. The molecule has 0 radical (unpaired) electrons. The third kappa shape index (κ3) is 3.78. The van der Waals surface area contributed by atoms with Crippen LogP contribution in [0.25, 0.3) is 0 Å². The van der Waals surface area contributed by atoms with E-state index in [4.69, 9.17) is 9.16 Å². The van der Waals surface area contributed by atoms with Crippen molar-refractivity contribution in [1.29, 1.82) is 0 Å². The lowest BCUT2D eigenvalue weighted by atomic mass is 10.2. The summed E-state index contributed by atoms with van der Waals surface area (Å²) in [6.45, 7) is 9.62. The van der Waals surface area contributed by atoms with Crippen LogP contribution < -0.4 is 4.74 Å². The zero-order chi connectivity index (χ0) is 17.3. The molecular weight excluding hydrogens is 323 g/mol. The minimum Gasteiger partial charge on any atom is -0.485 e. The van der Waals surface area contributed by atoms with Gasteiger partial charge in [-0.1, -0.05) is 20.8 Å². The van der Waals surface area contributed by atoms with E-state index < -0.39 is 43.2 Å². The van der Waals surface area contributed by atoms with Gasteiger partial charge >= 0.3 is 0 Å². The average molecular weight is 342 g/mol. The van der Waals surface area contributed by atoms with Crippen LogP contribution in [0.5, 0.6) is 5.75 Å². The second kappa shape index (κ2) is 6.53. The Labute approximate surface area is 127 Å². The van der Waals surface area contributed by atoms with Gasteiger partial charge in [-0.2, -0.15) is 8.78 Å². The van der Waals surface area contributed by atoms with Crippen molar-refractivity contribution < 1.29 is 31.1 Å². The molecule has 0 aliphatic rings. The Hall–Kier alpha value is -1.15. The van der Waals surface area contributed by atoms with Crippen molar-refractivity contribution in [2.24, 2.45) is 0 Å². The molecule has 0 N–H and O–H groups in total. The van der Waals surface area contributed by atoms with Crippen molar-refractivity contribution in [2.45, 2.75) is 38.9 Å². The van der Waals surface area contributed by atoms with E-state index >= 15 is 0 Å². The van der Waals surface area contributed by atoms with E-state index in [2.05, 4.69) is 0 Å². The molecule has 1 rings (SSSR count). The highest BCUT2D eigenvalue weighted by Gasteiger charge is 2.37. The van der Waals surface area contributed by atoms with Crippen molar-refractivity contribution >= 4 is 8.32 Å². The fourth-order valence-corrected chi connectivity index (χ4v) is 2.40. The summed E-state index contributed by atoms with van der Waals surface area (Å²) in [7, 11) is -2.08. The maximum absolute atomic E-state index is 13.4. The highest BCUT2D eigenvalue weighted by atomic mass is 28.4. The van der Waals surface area contributed by atoms with Crippen molar-refractivity contribution in [1.82, 2.24) is 0 Å². The molecule has 22 heavy (non-hydrogen) atoms. The largest absolute Gasteiger partial charge is 0.485 e. The Morgan fingerprint density at radius 2 is 1.18 bits per heavy atom. The summed E-state index contributed by atoms with van der Waals surface area (Å²) in [6.07, 6.45) is 0. The Morgan fingerprint density at radius 3 is 1.59 bits per heavy atom. The van der Waals surface area contributed by atoms with E-state index in [1.54, 1.807) is 0 Å². The predicted molar refractivity (Wildman–Crippen MR) is 74.9 cm³/mol. The first-order valence-corrected chi connectivity index (χ1v) is 9.59. The monoisotopic (exact) mass is 342 g/mol. The van der Waals surface area contributed by atoms with Crippen molar-refractivity contribution in [3.8, 4) is 5.75 Å². The van der Waals surface area contributed by atoms with E-state index in [9.17, 15) is 22.0 Å². The van der Waals surface area contributed by atoms with Gasteiger partial charge in [0, 0.05) is 0 Å². The van der Waals surface area contributed by atoms with Crippen molar-refractivity contribution in [3.63, 3.8) is 0 Å². The molecule has 2 nitrogen and oxygen atoms in total. The Morgan fingerprint density at radius 1 is 0.773 bits per heavy atom. The number of ether oxygens (including phenoxy) is 1. The Balaban J connectivity index is 2.75. The quantitative estimate of drug-likeness (QED) is 0.252. The summed E-state index contributed by atoms with van der Waals surface area (Å²) in [5, 5.41) is -0.0718. The summed E-state index contributed by atoms with van der Waals surface area (Å²) >= 11 is 0. The first kappa shape index (κ1) is 18.9. The molecule has 8 heteroatoms. The molecule has 0 amide bonds. The van der Waals surface area contributed by atoms with Gasteiger partial charge in [0.15, 0.2) is 14.1 Å². The molecule has 0 saturated carbocycles. The summed E-state index contributed by atoms with van der Waals surface area (Å²) in [5.41, 5.74) is 0. The number of halogens is 5. The first-order valence-electron chi connectivity index (χ1n) is 6.68. The van der Waals surface area contributed by atoms with Crippen LogP contribution >= 0.6 is 0 Å². The fraction of sp³-hybridized carbons (Fsp3) is 0.571. The molecule has 1 aromatic rings. The minimum absolute atomic E-state index is 0.00398. The van der Waals surface area contributed by atoms with Crippen LogP contribution in [0.1, 0.15) is 20.8 Å². The van der Waals surface area contributed by atoms with E-state index in [1.165, 1.54) is 0 Å². The number of hydrogen-bond acceptors (Lipinski definition) is 2. The second-order valence-corrected chi connectivity index (χ2v) is 11.2. The van der Waals surface area contributed by atoms with Crippen LogP contribution in [-0.2, 0) is 4.43 Å². The van der Waals surface area contributed by atoms with Crippen LogP contribution in [0.3, 0.4) is 0 Å². The van der Waals surface area contributed by atoms with Gasteiger partial charge in [-0.25, -0.2) is 13.2 Å². The van der Waals surface area contributed by atoms with Gasteiger partial charge < -0.3 is 9.16 Å². The second-order valence-electron chi connectivity index (χ2n) is 6.36. The predicted octanol–water partition coefficient (Wildman–Crippen LogP) is 4.78. The lowest BCUT2D eigenvalue weighted by Gasteiger charge is -2.36. The molecule has 0 spiro atoms. The van der Waals surface area contributed by atoms with Crippen LogP contribution in [0.15, 0.2) is 0 Å². The number of hydrogen-bond donors (Lipinski definition) is 0. The Bertz CT molecular complexity index is 526. The van der Waals surface area contributed by atoms with Gasteiger partial charge in [-0.3, -0.25) is 0 Å². The average Bonchev–Trinajstić information content (AvgIpc) is 2.41. The van der Waals surface area contributed by atoms with Crippen molar-refractivity contribution in [3.05, 3.63) is 29.1 Å². The van der Waals surface area contributed by atoms with Gasteiger partial charge in [-0.05, 0) is 18.1 Å². The first-order chi connectivity index (χ1) is 9.90. The van der Waals surface area contributed by atoms with E-state index in [0.717, 1.165) is 0 Å². The molecule has 0 saturated heterocycles. The fourth-order valence-electron chi connectivity index (χ4n) is 1.37. The molecule has 0 fully saturated rings. The van der Waals surface area contributed by atoms with Crippen molar-refractivity contribution in [2.75, 3.05) is 13.2 Å². The molecule has 1 aromatic carbocycles. The highest BCUT2D eigenvalue weighted by molar-refractivity contribution is 6.74. The van der Waals surface area contributed by atoms with Gasteiger partial charge in [0.2, 0.25) is 29.1 Å². The summed E-state index contributed by atoms with van der Waals surface area (Å²) in [4.78, 5) is 0. The van der Waals surface area contributed by atoms with Gasteiger partial charge in [0.05, 0.1) is 6.61 Å². The molecule has 0 bridgehead atoms. The normalized spacial score (nSPS) is 12.6. The third-order valence-electron chi connectivity index (χ3n) is 3.77. The standard InChI is InChI=1S/C14H19F5O2Si/c1-14(2,3)22(4,5)21-7-6-20-13-11(18)9(16)8(15)10(17)12(13)19/h6-7H2,1-5H3. The summed E-state index contributed by atoms with van der Waals surface area (Å²) in [6, 6.07) is 0. The zero-order valence-corrected chi connectivity index (χ0v) is 14.1. The van der Waals surface area contributed by atoms with E-state index in [1.807, 2.05) is 33.9 Å². The molecule has 0 aliphatic carbocycles. The van der Waals surface area contributed by atoms with Crippen LogP contribution in [0, 0.1) is 29.1 Å². The van der Waals surface area contributed by atoms with Gasteiger partial charge in [0.1, 0.15) is 6.61 Å². The zero-order valence-electron chi connectivity index (χ0n) is 13.1. The maximum atomic E-state index is 13.4. The summed E-state index contributed by atoms with van der Waals surface area (Å²) < 4.78 is 76.0. The smallest absolute Gasteiger partial charge is 0.206 e. The molecule has 0 aromatic heterocycles.